The molecule has 0 radical (unpaired) electrons. The lowest BCUT2D eigenvalue weighted by Crippen LogP contribution is -2.17. The topological polar surface area (TPSA) is 23.5 Å². The molecule has 0 aliphatic carbocycles. The summed E-state index contributed by atoms with van der Waals surface area (Å²) in [6, 6.07) is 18.2. The molecule has 0 saturated carbocycles. The van der Waals surface area contributed by atoms with Crippen LogP contribution in [-0.2, 0) is 10.9 Å². The van der Waals surface area contributed by atoms with Crippen molar-refractivity contribution >= 4 is 16.6 Å². The molecule has 2 aromatic rings. The maximum atomic E-state index is 10.7. The summed E-state index contributed by atoms with van der Waals surface area (Å²) in [4.78, 5) is 3.23. The summed E-state index contributed by atoms with van der Waals surface area (Å²) in [7, 11) is 3.78. The molecule has 0 saturated heterocycles. The summed E-state index contributed by atoms with van der Waals surface area (Å²) in [5, 5.41) is 10.7. The van der Waals surface area contributed by atoms with Crippen LogP contribution in [0.2, 0.25) is 0 Å². The fraction of sp³-hybridized carbons (Fsp3) is 0.250. The van der Waals surface area contributed by atoms with Crippen LogP contribution in [0.5, 0.6) is 0 Å². The zero-order valence-corrected chi connectivity index (χ0v) is 12.4. The number of para-hydroxylation sites is 1. The van der Waals surface area contributed by atoms with Crippen molar-refractivity contribution in [3.05, 3.63) is 60.2 Å². The lowest BCUT2D eigenvalue weighted by atomic mass is 10.2. The van der Waals surface area contributed by atoms with Gasteiger partial charge in [0.15, 0.2) is 4.90 Å². The summed E-state index contributed by atoms with van der Waals surface area (Å²) in [5.41, 5.74) is 1.59. The molecule has 100 valence electrons. The van der Waals surface area contributed by atoms with E-state index >= 15 is 0 Å². The first kappa shape index (κ1) is 14.0. The number of aliphatic hydroxyl groups is 1. The highest BCUT2D eigenvalue weighted by atomic mass is 32.2. The Morgan fingerprint density at radius 1 is 0.947 bits per heavy atom. The quantitative estimate of drug-likeness (QED) is 0.866. The number of benzene rings is 2. The van der Waals surface area contributed by atoms with Gasteiger partial charge in [0.05, 0.1) is 16.5 Å². The molecule has 0 spiro atoms. The molecule has 2 rings (SSSR count). The summed E-state index contributed by atoms with van der Waals surface area (Å²) in [5.74, 6) is 0. The highest BCUT2D eigenvalue weighted by Gasteiger charge is 2.29. The second-order valence-electron chi connectivity index (χ2n) is 4.68. The average molecular weight is 274 g/mol. The Kier molecular flexibility index (Phi) is 4.51. The first-order valence-corrected chi connectivity index (χ1v) is 7.95. The molecule has 2 nitrogen and oxygen atoms in total. The normalized spacial score (nSPS) is 13.9. The van der Waals surface area contributed by atoms with Crippen molar-refractivity contribution < 1.29 is 5.11 Å². The minimum atomic E-state index is -0.471. The van der Waals surface area contributed by atoms with E-state index in [9.17, 15) is 5.11 Å². The Balaban J connectivity index is 2.32. The lowest BCUT2D eigenvalue weighted by Gasteiger charge is -2.19. The van der Waals surface area contributed by atoms with Crippen LogP contribution in [0.25, 0.3) is 0 Å². The van der Waals surface area contributed by atoms with E-state index in [1.54, 1.807) is 0 Å². The number of hydrogen-bond donors (Lipinski definition) is 1. The molecule has 0 aromatic heterocycles. The van der Waals surface area contributed by atoms with E-state index in [1.165, 1.54) is 4.90 Å². The molecule has 0 aliphatic heterocycles. The summed E-state index contributed by atoms with van der Waals surface area (Å²) >= 11 is 0. The summed E-state index contributed by atoms with van der Waals surface area (Å²) < 4.78 is 0. The Bertz CT molecular complexity index is 527. The van der Waals surface area contributed by atoms with E-state index in [-0.39, 0.29) is 10.9 Å². The summed E-state index contributed by atoms with van der Waals surface area (Å²) in [6.07, 6.45) is 2.09. The zero-order valence-electron chi connectivity index (χ0n) is 11.6. The predicted octanol–water partition coefficient (Wildman–Crippen LogP) is 3.05. The lowest BCUT2D eigenvalue weighted by molar-refractivity contribution is 0.267. The molecule has 2 aromatic carbocycles. The van der Waals surface area contributed by atoms with E-state index in [0.29, 0.717) is 0 Å². The largest absolute Gasteiger partial charge is 0.377 e. The first-order chi connectivity index (χ1) is 9.11. The van der Waals surface area contributed by atoms with Crippen molar-refractivity contribution in [1.29, 1.82) is 0 Å². The van der Waals surface area contributed by atoms with Gasteiger partial charge in [-0.25, -0.2) is 0 Å². The van der Waals surface area contributed by atoms with Crippen LogP contribution < -0.4 is 4.90 Å². The monoisotopic (exact) mass is 274 g/mol. The van der Waals surface area contributed by atoms with E-state index in [0.717, 1.165) is 11.3 Å². The van der Waals surface area contributed by atoms with Gasteiger partial charge in [-0.3, -0.25) is 0 Å². The molecular weight excluding hydrogens is 254 g/mol. The highest BCUT2D eigenvalue weighted by Crippen LogP contribution is 2.32. The first-order valence-electron chi connectivity index (χ1n) is 6.25. The zero-order chi connectivity index (χ0) is 13.8. The molecule has 2 atom stereocenters. The van der Waals surface area contributed by atoms with Crippen LogP contribution in [0.15, 0.2) is 59.5 Å². The minimum Gasteiger partial charge on any atom is -0.377 e. The summed E-state index contributed by atoms with van der Waals surface area (Å²) in [6.45, 7) is 0. The Morgan fingerprint density at radius 3 is 2.16 bits per heavy atom. The van der Waals surface area contributed by atoms with Crippen molar-refractivity contribution in [3.8, 4) is 0 Å². The minimum absolute atomic E-state index is 0.227. The molecule has 0 heterocycles. The van der Waals surface area contributed by atoms with Crippen molar-refractivity contribution in [1.82, 2.24) is 0 Å². The van der Waals surface area contributed by atoms with Gasteiger partial charge in [0.2, 0.25) is 5.44 Å². The molecular formula is C16H20NOS+. The van der Waals surface area contributed by atoms with Gasteiger partial charge in [0, 0.05) is 19.8 Å². The van der Waals surface area contributed by atoms with Gasteiger partial charge >= 0.3 is 0 Å². The molecule has 0 bridgehead atoms. The molecule has 0 fully saturated rings. The second-order valence-corrected chi connectivity index (χ2v) is 6.71. The third-order valence-electron chi connectivity index (χ3n) is 3.13. The van der Waals surface area contributed by atoms with E-state index in [1.807, 2.05) is 61.5 Å². The number of nitrogens with zero attached hydrogens (tertiary/aromatic N) is 1. The van der Waals surface area contributed by atoms with Gasteiger partial charge in [-0.15, -0.1) is 0 Å². The Labute approximate surface area is 118 Å². The van der Waals surface area contributed by atoms with Crippen LogP contribution in [0, 0.1) is 0 Å². The predicted molar refractivity (Wildman–Crippen MR) is 83.7 cm³/mol. The van der Waals surface area contributed by atoms with Gasteiger partial charge in [-0.1, -0.05) is 30.3 Å². The fourth-order valence-corrected chi connectivity index (χ4v) is 3.48. The second kappa shape index (κ2) is 6.13. The maximum absolute atomic E-state index is 10.7. The molecule has 3 heteroatoms. The number of aliphatic hydroxyl groups excluding tert-OH is 1. The highest BCUT2D eigenvalue weighted by molar-refractivity contribution is 7.96. The van der Waals surface area contributed by atoms with Crippen LogP contribution in [0.4, 0.5) is 5.69 Å². The third kappa shape index (κ3) is 3.11. The van der Waals surface area contributed by atoms with E-state index in [2.05, 4.69) is 18.4 Å². The fourth-order valence-electron chi connectivity index (χ4n) is 2.06. The third-order valence-corrected chi connectivity index (χ3v) is 5.07. The Morgan fingerprint density at radius 2 is 1.53 bits per heavy atom. The van der Waals surface area contributed by atoms with E-state index in [4.69, 9.17) is 0 Å². The van der Waals surface area contributed by atoms with Gasteiger partial charge in [-0.05, 0) is 24.3 Å². The smallest absolute Gasteiger partial charge is 0.249 e. The SMILES string of the molecule is CN(C)c1ccccc1C(O)[S+](C)c1ccccc1. The standard InChI is InChI=1S/C16H20NOS/c1-17(2)15-12-8-7-11-14(15)16(18)19(3)13-9-5-4-6-10-13/h4-12,16,18H,1-3H3/q+1. The van der Waals surface area contributed by atoms with Crippen LogP contribution in [0.1, 0.15) is 11.0 Å². The van der Waals surface area contributed by atoms with E-state index < -0.39 is 5.44 Å². The molecule has 0 aliphatic rings. The Hall–Kier alpha value is -1.45. The van der Waals surface area contributed by atoms with Gasteiger partial charge in [-0.2, -0.15) is 0 Å². The van der Waals surface area contributed by atoms with Crippen molar-refractivity contribution in [2.24, 2.45) is 0 Å². The van der Waals surface area contributed by atoms with Crippen molar-refractivity contribution in [2.75, 3.05) is 25.3 Å². The number of anilines is 1. The van der Waals surface area contributed by atoms with Gasteiger partial charge in [0.25, 0.3) is 0 Å². The van der Waals surface area contributed by atoms with Gasteiger partial charge < -0.3 is 10.0 Å². The van der Waals surface area contributed by atoms with Crippen LogP contribution >= 0.6 is 0 Å². The van der Waals surface area contributed by atoms with Crippen molar-refractivity contribution in [2.45, 2.75) is 10.3 Å². The van der Waals surface area contributed by atoms with Gasteiger partial charge in [0.1, 0.15) is 6.26 Å². The van der Waals surface area contributed by atoms with Crippen LogP contribution in [-0.4, -0.2) is 25.5 Å². The maximum Gasteiger partial charge on any atom is 0.249 e. The number of rotatable bonds is 4. The number of hydrogen-bond acceptors (Lipinski definition) is 2. The molecule has 1 N–H and O–H groups in total. The average Bonchev–Trinajstić information content (AvgIpc) is 2.46. The van der Waals surface area contributed by atoms with Crippen molar-refractivity contribution in [3.63, 3.8) is 0 Å². The molecule has 2 unspecified atom stereocenters. The van der Waals surface area contributed by atoms with Crippen LogP contribution in [0.3, 0.4) is 0 Å². The molecule has 19 heavy (non-hydrogen) atoms. The molecule has 0 amide bonds.